The second-order valence-corrected chi connectivity index (χ2v) is 8.55. The summed E-state index contributed by atoms with van der Waals surface area (Å²) in [6, 6.07) is 26.0. The van der Waals surface area contributed by atoms with Crippen LogP contribution >= 0.6 is 0 Å². The number of amides is 1. The van der Waals surface area contributed by atoms with Crippen LogP contribution in [0.1, 0.15) is 34.3 Å². The number of benzene rings is 3. The zero-order valence-electron chi connectivity index (χ0n) is 19.3. The summed E-state index contributed by atoms with van der Waals surface area (Å²) >= 11 is 0. The summed E-state index contributed by atoms with van der Waals surface area (Å²) in [7, 11) is 3.29. The molecule has 5 nitrogen and oxygen atoms in total. The Morgan fingerprint density at radius 1 is 0.939 bits per heavy atom. The highest BCUT2D eigenvalue weighted by Gasteiger charge is 2.42. The van der Waals surface area contributed by atoms with E-state index in [-0.39, 0.29) is 17.4 Å². The molecule has 1 amide bonds. The molecule has 0 radical (unpaired) electrons. The molecule has 5 heteroatoms. The third-order valence-electron chi connectivity index (χ3n) is 6.75. The lowest BCUT2D eigenvalue weighted by atomic mass is 9.66. The number of carbonyl (C=O) groups is 1. The first-order chi connectivity index (χ1) is 16.2. The van der Waals surface area contributed by atoms with Crippen LogP contribution in [-0.4, -0.2) is 39.3 Å². The van der Waals surface area contributed by atoms with E-state index in [0.29, 0.717) is 11.3 Å². The summed E-state index contributed by atoms with van der Waals surface area (Å²) in [5.74, 6) is 1.29. The number of nitrogens with one attached hydrogen (secondary N) is 2. The maximum atomic E-state index is 13.5. The minimum absolute atomic E-state index is 0.105. The van der Waals surface area contributed by atoms with E-state index >= 15 is 0 Å². The van der Waals surface area contributed by atoms with Crippen LogP contribution in [0.25, 0.3) is 0 Å². The number of ether oxygens (including phenoxy) is 2. The lowest BCUT2D eigenvalue weighted by Gasteiger charge is -2.45. The van der Waals surface area contributed by atoms with Gasteiger partial charge < -0.3 is 20.1 Å². The number of rotatable bonds is 8. The van der Waals surface area contributed by atoms with Crippen LogP contribution in [0.2, 0.25) is 0 Å². The monoisotopic (exact) mass is 444 g/mol. The van der Waals surface area contributed by atoms with Crippen LogP contribution < -0.4 is 20.1 Å². The molecule has 1 saturated heterocycles. The van der Waals surface area contributed by atoms with Crippen molar-refractivity contribution in [3.63, 3.8) is 0 Å². The van der Waals surface area contributed by atoms with Crippen molar-refractivity contribution in [1.29, 1.82) is 0 Å². The van der Waals surface area contributed by atoms with E-state index in [9.17, 15) is 4.79 Å². The number of hydrogen-bond acceptors (Lipinski definition) is 4. The fourth-order valence-electron chi connectivity index (χ4n) is 4.95. The number of para-hydroxylation sites is 1. The largest absolute Gasteiger partial charge is 0.497 e. The van der Waals surface area contributed by atoms with Gasteiger partial charge in [-0.25, -0.2) is 0 Å². The van der Waals surface area contributed by atoms with Crippen molar-refractivity contribution >= 4 is 5.91 Å². The highest BCUT2D eigenvalue weighted by molar-refractivity contribution is 5.97. The molecule has 3 aromatic carbocycles. The number of methoxy groups -OCH3 is 2. The van der Waals surface area contributed by atoms with Crippen molar-refractivity contribution in [2.75, 3.05) is 27.3 Å². The Balaban J connectivity index is 1.76. The SMILES string of the molecule is COc1cccc(C2(C(Cc3ccccc3)NC(=O)c3ccccc3OC)CCNCC2)c1. The fourth-order valence-corrected chi connectivity index (χ4v) is 4.95. The zero-order valence-corrected chi connectivity index (χ0v) is 19.3. The molecule has 2 N–H and O–H groups in total. The number of carbonyl (C=O) groups excluding carboxylic acids is 1. The molecule has 0 aromatic heterocycles. The van der Waals surface area contributed by atoms with Gasteiger partial charge in [0, 0.05) is 11.5 Å². The molecule has 1 atom stereocenters. The molecule has 0 aliphatic carbocycles. The third kappa shape index (κ3) is 5.04. The topological polar surface area (TPSA) is 59.6 Å². The minimum Gasteiger partial charge on any atom is -0.497 e. The maximum Gasteiger partial charge on any atom is 0.255 e. The average molecular weight is 445 g/mol. The van der Waals surface area contributed by atoms with E-state index < -0.39 is 0 Å². The quantitative estimate of drug-likeness (QED) is 0.542. The van der Waals surface area contributed by atoms with Crippen molar-refractivity contribution in [3.05, 3.63) is 95.6 Å². The summed E-state index contributed by atoms with van der Waals surface area (Å²) in [6.45, 7) is 1.79. The van der Waals surface area contributed by atoms with Gasteiger partial charge in [0.1, 0.15) is 11.5 Å². The number of piperidine rings is 1. The Kier molecular flexibility index (Phi) is 7.30. The maximum absolute atomic E-state index is 13.5. The Labute approximate surface area is 196 Å². The van der Waals surface area contributed by atoms with E-state index in [1.54, 1.807) is 14.2 Å². The molecule has 1 aliphatic heterocycles. The van der Waals surface area contributed by atoms with E-state index in [0.717, 1.165) is 38.1 Å². The molecule has 0 bridgehead atoms. The molecule has 1 unspecified atom stereocenters. The van der Waals surface area contributed by atoms with Crippen molar-refractivity contribution in [3.8, 4) is 11.5 Å². The van der Waals surface area contributed by atoms with Crippen molar-refractivity contribution in [1.82, 2.24) is 10.6 Å². The Morgan fingerprint density at radius 3 is 2.39 bits per heavy atom. The highest BCUT2D eigenvalue weighted by Crippen LogP contribution is 2.40. The van der Waals surface area contributed by atoms with E-state index in [1.165, 1.54) is 11.1 Å². The van der Waals surface area contributed by atoms with Gasteiger partial charge in [0.25, 0.3) is 5.91 Å². The molecule has 1 aliphatic rings. The first kappa shape index (κ1) is 22.9. The van der Waals surface area contributed by atoms with Gasteiger partial charge in [-0.15, -0.1) is 0 Å². The van der Waals surface area contributed by atoms with Crippen molar-refractivity contribution < 1.29 is 14.3 Å². The second-order valence-electron chi connectivity index (χ2n) is 8.55. The van der Waals surface area contributed by atoms with Gasteiger partial charge in [-0.1, -0.05) is 54.6 Å². The van der Waals surface area contributed by atoms with Crippen LogP contribution in [-0.2, 0) is 11.8 Å². The standard InChI is InChI=1S/C28H32N2O3/c1-32-23-12-8-11-22(20-23)28(15-17-29-18-16-28)26(19-21-9-4-3-5-10-21)30-27(31)24-13-6-7-14-25(24)33-2/h3-14,20,26,29H,15-19H2,1-2H3,(H,30,31). The summed E-state index contributed by atoms with van der Waals surface area (Å²) in [6.07, 6.45) is 2.58. The molecule has 1 fully saturated rings. The predicted octanol–water partition coefficient (Wildman–Crippen LogP) is 4.37. The van der Waals surface area contributed by atoms with E-state index in [4.69, 9.17) is 9.47 Å². The fraction of sp³-hybridized carbons (Fsp3) is 0.321. The van der Waals surface area contributed by atoms with E-state index in [1.807, 2.05) is 42.5 Å². The minimum atomic E-state index is -0.229. The molecule has 4 rings (SSSR count). The zero-order chi connectivity index (χ0) is 23.1. The van der Waals surface area contributed by atoms with Gasteiger partial charge in [-0.05, 0) is 67.7 Å². The predicted molar refractivity (Wildman–Crippen MR) is 131 cm³/mol. The first-order valence-corrected chi connectivity index (χ1v) is 11.5. The summed E-state index contributed by atoms with van der Waals surface area (Å²) in [4.78, 5) is 13.5. The Morgan fingerprint density at radius 2 is 1.67 bits per heavy atom. The van der Waals surface area contributed by atoms with Crippen molar-refractivity contribution in [2.24, 2.45) is 0 Å². The molecule has 0 saturated carbocycles. The lowest BCUT2D eigenvalue weighted by Crippen LogP contribution is -2.56. The first-order valence-electron chi connectivity index (χ1n) is 11.5. The van der Waals surface area contributed by atoms with Crippen LogP contribution in [0.15, 0.2) is 78.9 Å². The molecular formula is C28H32N2O3. The number of hydrogen-bond donors (Lipinski definition) is 2. The third-order valence-corrected chi connectivity index (χ3v) is 6.75. The summed E-state index contributed by atoms with van der Waals surface area (Å²) in [5.41, 5.74) is 2.72. The van der Waals surface area contributed by atoms with Gasteiger partial charge in [0.2, 0.25) is 0 Å². The molecule has 3 aromatic rings. The molecule has 0 spiro atoms. The second kappa shape index (κ2) is 10.5. The van der Waals surface area contributed by atoms with Gasteiger partial charge >= 0.3 is 0 Å². The Bertz CT molecular complexity index is 1060. The normalized spacial score (nSPS) is 15.9. The smallest absolute Gasteiger partial charge is 0.255 e. The molecular weight excluding hydrogens is 412 g/mol. The van der Waals surface area contributed by atoms with Gasteiger partial charge in [0.15, 0.2) is 0 Å². The van der Waals surface area contributed by atoms with Crippen LogP contribution in [0.3, 0.4) is 0 Å². The summed E-state index contributed by atoms with van der Waals surface area (Å²) < 4.78 is 11.0. The highest BCUT2D eigenvalue weighted by atomic mass is 16.5. The van der Waals surface area contributed by atoms with Crippen molar-refractivity contribution in [2.45, 2.75) is 30.7 Å². The average Bonchev–Trinajstić information content (AvgIpc) is 2.89. The van der Waals surface area contributed by atoms with Crippen LogP contribution in [0, 0.1) is 0 Å². The van der Waals surface area contributed by atoms with E-state index in [2.05, 4.69) is 47.0 Å². The molecule has 33 heavy (non-hydrogen) atoms. The van der Waals surface area contributed by atoms with Gasteiger partial charge in [-0.3, -0.25) is 4.79 Å². The summed E-state index contributed by atoms with van der Waals surface area (Å²) in [5, 5.41) is 6.91. The Hall–Kier alpha value is -3.31. The van der Waals surface area contributed by atoms with Crippen LogP contribution in [0.5, 0.6) is 11.5 Å². The van der Waals surface area contributed by atoms with Gasteiger partial charge in [-0.2, -0.15) is 0 Å². The molecule has 172 valence electrons. The van der Waals surface area contributed by atoms with Crippen LogP contribution in [0.4, 0.5) is 0 Å². The molecule has 1 heterocycles. The lowest BCUT2D eigenvalue weighted by molar-refractivity contribution is 0.0894. The van der Waals surface area contributed by atoms with Gasteiger partial charge in [0.05, 0.1) is 19.8 Å².